The average molecular weight is 532 g/mol. The van der Waals surface area contributed by atoms with Gasteiger partial charge in [0.1, 0.15) is 4.88 Å². The molecule has 2 heterocycles. The molecular weight excluding hydrogens is 498 g/mol. The van der Waals surface area contributed by atoms with E-state index in [1.54, 1.807) is 14.2 Å². The summed E-state index contributed by atoms with van der Waals surface area (Å²) in [6.07, 6.45) is 1.16. The minimum absolute atomic E-state index is 0.0843. The molecule has 38 heavy (non-hydrogen) atoms. The van der Waals surface area contributed by atoms with Crippen LogP contribution in [0.2, 0.25) is 0 Å². The highest BCUT2D eigenvalue weighted by Gasteiger charge is 2.43. The van der Waals surface area contributed by atoms with Gasteiger partial charge < -0.3 is 25.8 Å². The third-order valence-corrected chi connectivity index (χ3v) is 8.31. The monoisotopic (exact) mass is 531 g/mol. The number of benzene rings is 2. The average Bonchev–Trinajstić information content (AvgIpc) is 3.16. The van der Waals surface area contributed by atoms with E-state index >= 15 is 0 Å². The molecular formula is C30H33N3O4S. The smallest absolute Gasteiger partial charge is 0.267 e. The quantitative estimate of drug-likeness (QED) is 0.351. The second-order valence-electron chi connectivity index (χ2n) is 10.9. The van der Waals surface area contributed by atoms with Crippen molar-refractivity contribution < 1.29 is 19.1 Å². The highest BCUT2D eigenvalue weighted by Crippen LogP contribution is 2.54. The summed E-state index contributed by atoms with van der Waals surface area (Å²) in [6, 6.07) is 11.6. The van der Waals surface area contributed by atoms with Crippen molar-refractivity contribution in [2.24, 2.45) is 5.41 Å². The van der Waals surface area contributed by atoms with Crippen LogP contribution in [-0.4, -0.2) is 25.9 Å². The molecule has 0 spiro atoms. The molecule has 0 fully saturated rings. The van der Waals surface area contributed by atoms with Crippen molar-refractivity contribution in [3.8, 4) is 11.5 Å². The van der Waals surface area contributed by atoms with Gasteiger partial charge in [0, 0.05) is 34.9 Å². The number of hydrogen-bond donors (Lipinski definition) is 3. The molecule has 0 bridgehead atoms. The van der Waals surface area contributed by atoms with Crippen molar-refractivity contribution in [3.63, 3.8) is 0 Å². The zero-order valence-corrected chi connectivity index (χ0v) is 23.4. The standard InChI is InChI=1S/C30H33N3O4S/c1-15-9-16(2)11-18(10-15)32-28(35)27-26(31)25-23(17-7-8-21(36-5)22(12-17)37-6)24-19(33-29(25)38-27)13-30(3,4)14-20(24)34/h7-12,23,33H,13-14,31H2,1-6H3,(H,32,35). The highest BCUT2D eigenvalue weighted by atomic mass is 32.1. The third kappa shape index (κ3) is 4.53. The predicted molar refractivity (Wildman–Crippen MR) is 153 cm³/mol. The van der Waals surface area contributed by atoms with Gasteiger partial charge in [-0.2, -0.15) is 0 Å². The molecule has 0 radical (unpaired) electrons. The molecule has 1 unspecified atom stereocenters. The van der Waals surface area contributed by atoms with Gasteiger partial charge in [0.25, 0.3) is 5.91 Å². The summed E-state index contributed by atoms with van der Waals surface area (Å²) in [4.78, 5) is 27.5. The molecule has 1 atom stereocenters. The number of allylic oxidation sites excluding steroid dienone is 2. The Morgan fingerprint density at radius 2 is 1.74 bits per heavy atom. The van der Waals surface area contributed by atoms with Crippen molar-refractivity contribution in [2.45, 2.75) is 46.5 Å². The minimum atomic E-state index is -0.427. The van der Waals surface area contributed by atoms with Crippen molar-refractivity contribution in [1.82, 2.24) is 0 Å². The maximum absolute atomic E-state index is 13.6. The Kier molecular flexibility index (Phi) is 6.47. The van der Waals surface area contributed by atoms with Crippen LogP contribution in [0.1, 0.15) is 64.5 Å². The van der Waals surface area contributed by atoms with Crippen LogP contribution in [0.4, 0.5) is 16.4 Å². The van der Waals surface area contributed by atoms with Crippen molar-refractivity contribution in [1.29, 1.82) is 0 Å². The van der Waals surface area contributed by atoms with Gasteiger partial charge in [0.05, 0.1) is 24.9 Å². The first-order valence-corrected chi connectivity index (χ1v) is 13.4. The highest BCUT2D eigenvalue weighted by molar-refractivity contribution is 7.19. The molecule has 1 amide bonds. The number of carbonyl (C=O) groups is 2. The van der Waals surface area contributed by atoms with Crippen LogP contribution < -0.4 is 25.8 Å². The van der Waals surface area contributed by atoms with Gasteiger partial charge in [-0.15, -0.1) is 11.3 Å². The molecule has 2 aromatic carbocycles. The first-order valence-electron chi connectivity index (χ1n) is 12.6. The SMILES string of the molecule is COc1ccc(C2C3=C(CC(C)(C)CC3=O)Nc3sc(C(=O)Nc4cc(C)cc(C)c4)c(N)c32)cc1OC. The van der Waals surface area contributed by atoms with Gasteiger partial charge in [0.15, 0.2) is 17.3 Å². The summed E-state index contributed by atoms with van der Waals surface area (Å²) in [5, 5.41) is 7.29. The topological polar surface area (TPSA) is 103 Å². The van der Waals surface area contributed by atoms with Crippen LogP contribution in [0.5, 0.6) is 11.5 Å². The van der Waals surface area contributed by atoms with Crippen molar-refractivity contribution in [2.75, 3.05) is 30.6 Å². The Morgan fingerprint density at radius 3 is 2.39 bits per heavy atom. The summed E-state index contributed by atoms with van der Waals surface area (Å²) in [6.45, 7) is 8.19. The van der Waals surface area contributed by atoms with Crippen LogP contribution in [0.15, 0.2) is 47.7 Å². The maximum atomic E-state index is 13.6. The zero-order chi connectivity index (χ0) is 27.4. The third-order valence-electron chi connectivity index (χ3n) is 7.17. The van der Waals surface area contributed by atoms with Crippen molar-refractivity contribution in [3.05, 3.63) is 74.8 Å². The largest absolute Gasteiger partial charge is 0.493 e. The Bertz CT molecular complexity index is 1480. The number of rotatable bonds is 5. The first kappa shape index (κ1) is 25.9. The molecule has 4 N–H and O–H groups in total. The fourth-order valence-electron chi connectivity index (χ4n) is 5.67. The number of Topliss-reactive ketones (excluding diaryl/α,β-unsaturated/α-hetero) is 1. The van der Waals surface area contributed by atoms with Gasteiger partial charge >= 0.3 is 0 Å². The molecule has 3 aromatic rings. The number of methoxy groups -OCH3 is 2. The van der Waals surface area contributed by atoms with E-state index in [1.165, 1.54) is 11.3 Å². The number of aryl methyl sites for hydroxylation is 2. The van der Waals surface area contributed by atoms with E-state index in [9.17, 15) is 9.59 Å². The molecule has 7 nitrogen and oxygen atoms in total. The van der Waals surface area contributed by atoms with Crippen LogP contribution in [-0.2, 0) is 4.79 Å². The van der Waals surface area contributed by atoms with Crippen molar-refractivity contribution >= 4 is 39.4 Å². The number of ether oxygens (including phenoxy) is 2. The lowest BCUT2D eigenvalue weighted by atomic mass is 9.69. The molecule has 2 aliphatic rings. The van der Waals surface area contributed by atoms with Crippen LogP contribution >= 0.6 is 11.3 Å². The lowest BCUT2D eigenvalue weighted by Gasteiger charge is -2.38. The van der Waals surface area contributed by atoms with Crippen LogP contribution in [0.3, 0.4) is 0 Å². The van der Waals surface area contributed by atoms with E-state index in [0.717, 1.165) is 45.1 Å². The number of fused-ring (bicyclic) bond motifs is 1. The maximum Gasteiger partial charge on any atom is 0.267 e. The zero-order valence-electron chi connectivity index (χ0n) is 22.6. The molecule has 1 aliphatic carbocycles. The number of thiophene rings is 1. The summed E-state index contributed by atoms with van der Waals surface area (Å²) in [7, 11) is 3.17. The Hall–Kier alpha value is -3.78. The van der Waals surface area contributed by atoms with E-state index in [0.29, 0.717) is 34.1 Å². The Balaban J connectivity index is 1.63. The molecule has 0 saturated carbocycles. The fraction of sp³-hybridized carbons (Fsp3) is 0.333. The van der Waals surface area contributed by atoms with E-state index in [-0.39, 0.29) is 17.1 Å². The Labute approximate surface area is 227 Å². The number of nitrogens with two attached hydrogens (primary N) is 1. The fourth-order valence-corrected chi connectivity index (χ4v) is 6.75. The van der Waals surface area contributed by atoms with E-state index in [1.807, 2.05) is 44.2 Å². The lowest BCUT2D eigenvalue weighted by molar-refractivity contribution is -0.118. The van der Waals surface area contributed by atoms with E-state index in [2.05, 4.69) is 30.5 Å². The van der Waals surface area contributed by atoms with Crippen LogP contribution in [0.25, 0.3) is 0 Å². The van der Waals surface area contributed by atoms with E-state index in [4.69, 9.17) is 15.2 Å². The first-order chi connectivity index (χ1) is 18.0. The van der Waals surface area contributed by atoms with Gasteiger partial charge in [-0.1, -0.05) is 26.0 Å². The van der Waals surface area contributed by atoms with Gasteiger partial charge in [-0.25, -0.2) is 0 Å². The number of nitrogens with one attached hydrogen (secondary N) is 2. The van der Waals surface area contributed by atoms with E-state index < -0.39 is 5.92 Å². The lowest BCUT2D eigenvalue weighted by Crippen LogP contribution is -2.33. The number of anilines is 3. The second kappa shape index (κ2) is 9.51. The number of nitrogen functional groups attached to an aromatic ring is 1. The minimum Gasteiger partial charge on any atom is -0.493 e. The second-order valence-corrected chi connectivity index (χ2v) is 11.9. The summed E-state index contributed by atoms with van der Waals surface area (Å²) < 4.78 is 11.0. The molecule has 5 rings (SSSR count). The number of carbonyl (C=O) groups excluding carboxylic acids is 2. The number of amides is 1. The predicted octanol–water partition coefficient (Wildman–Crippen LogP) is 6.42. The molecule has 8 heteroatoms. The normalized spacial score (nSPS) is 17.8. The molecule has 1 aromatic heterocycles. The summed E-state index contributed by atoms with van der Waals surface area (Å²) >= 11 is 1.32. The number of hydrogen-bond acceptors (Lipinski definition) is 7. The summed E-state index contributed by atoms with van der Waals surface area (Å²) in [5.74, 6) is 0.550. The summed E-state index contributed by atoms with van der Waals surface area (Å²) in [5.41, 5.74) is 13.0. The van der Waals surface area contributed by atoms with Gasteiger partial charge in [0.2, 0.25) is 0 Å². The van der Waals surface area contributed by atoms with Gasteiger partial charge in [-0.05, 0) is 66.6 Å². The molecule has 198 valence electrons. The number of ketones is 1. The van der Waals surface area contributed by atoms with Crippen LogP contribution in [0, 0.1) is 19.3 Å². The Morgan fingerprint density at radius 1 is 1.05 bits per heavy atom. The van der Waals surface area contributed by atoms with Gasteiger partial charge in [-0.3, -0.25) is 9.59 Å². The molecule has 1 aliphatic heterocycles. The molecule has 0 saturated heterocycles.